The molecule has 0 bridgehead atoms. The Morgan fingerprint density at radius 2 is 1.96 bits per heavy atom. The molecule has 1 saturated carbocycles. The predicted octanol–water partition coefficient (Wildman–Crippen LogP) is 1.16. The highest BCUT2D eigenvalue weighted by atomic mass is 32.2. The van der Waals surface area contributed by atoms with Gasteiger partial charge in [0.1, 0.15) is 5.75 Å². The third-order valence-electron chi connectivity index (χ3n) is 4.16. The molecule has 0 spiro atoms. The van der Waals surface area contributed by atoms with E-state index < -0.39 is 10.0 Å². The quantitative estimate of drug-likeness (QED) is 0.694. The van der Waals surface area contributed by atoms with E-state index in [2.05, 4.69) is 10.0 Å². The molecule has 23 heavy (non-hydrogen) atoms. The second kappa shape index (κ2) is 7.79. The van der Waals surface area contributed by atoms with Gasteiger partial charge in [-0.25, -0.2) is 13.1 Å². The summed E-state index contributed by atoms with van der Waals surface area (Å²) in [6, 6.07) is 6.72. The third kappa shape index (κ3) is 6.19. The molecule has 1 aliphatic rings. The number of benzene rings is 1. The monoisotopic (exact) mass is 340 g/mol. The molecule has 0 radical (unpaired) electrons. The molecule has 0 saturated heterocycles. The molecule has 0 heterocycles. The zero-order chi connectivity index (χ0) is 16.9. The van der Waals surface area contributed by atoms with Gasteiger partial charge in [-0.3, -0.25) is 4.79 Å². The van der Waals surface area contributed by atoms with Crippen LogP contribution >= 0.6 is 0 Å². The summed E-state index contributed by atoms with van der Waals surface area (Å²) < 4.78 is 25.3. The lowest BCUT2D eigenvalue weighted by Crippen LogP contribution is -2.41. The zero-order valence-electron chi connectivity index (χ0n) is 13.3. The van der Waals surface area contributed by atoms with Gasteiger partial charge < -0.3 is 10.4 Å². The number of hydrogen-bond acceptors (Lipinski definition) is 4. The van der Waals surface area contributed by atoms with Crippen LogP contribution in [0.15, 0.2) is 24.3 Å². The predicted molar refractivity (Wildman–Crippen MR) is 88.5 cm³/mol. The van der Waals surface area contributed by atoms with Crippen molar-refractivity contribution < 1.29 is 18.3 Å². The second-order valence-corrected chi connectivity index (χ2v) is 7.94. The van der Waals surface area contributed by atoms with Crippen LogP contribution in [0, 0.1) is 5.92 Å². The number of phenols is 1. The Balaban J connectivity index is 1.74. The van der Waals surface area contributed by atoms with Crippen LogP contribution in [0.25, 0.3) is 0 Å². The Morgan fingerprint density at radius 1 is 1.26 bits per heavy atom. The number of nitrogens with one attached hydrogen (secondary N) is 2. The van der Waals surface area contributed by atoms with Gasteiger partial charge in [0.05, 0.1) is 6.26 Å². The second-order valence-electron chi connectivity index (χ2n) is 6.16. The SMILES string of the molecule is CS(=O)(=O)N[C@H]1CCC[C@@H]1CNC(=O)CCc1ccc(O)cc1. The van der Waals surface area contributed by atoms with Gasteiger partial charge in [-0.15, -0.1) is 0 Å². The van der Waals surface area contributed by atoms with Gasteiger partial charge in [-0.1, -0.05) is 18.6 Å². The van der Waals surface area contributed by atoms with E-state index in [-0.39, 0.29) is 23.6 Å². The zero-order valence-corrected chi connectivity index (χ0v) is 14.1. The highest BCUT2D eigenvalue weighted by molar-refractivity contribution is 7.88. The van der Waals surface area contributed by atoms with Crippen LogP contribution in [0.2, 0.25) is 0 Å². The van der Waals surface area contributed by atoms with Crippen LogP contribution in [-0.2, 0) is 21.2 Å². The van der Waals surface area contributed by atoms with E-state index in [9.17, 15) is 18.3 Å². The maximum Gasteiger partial charge on any atom is 0.220 e. The minimum Gasteiger partial charge on any atom is -0.508 e. The molecule has 0 aliphatic heterocycles. The van der Waals surface area contributed by atoms with Gasteiger partial charge in [0, 0.05) is 19.0 Å². The highest BCUT2D eigenvalue weighted by Crippen LogP contribution is 2.25. The van der Waals surface area contributed by atoms with E-state index >= 15 is 0 Å². The van der Waals surface area contributed by atoms with Gasteiger partial charge >= 0.3 is 0 Å². The van der Waals surface area contributed by atoms with E-state index in [1.165, 1.54) is 6.26 Å². The number of carbonyl (C=O) groups excluding carboxylic acids is 1. The number of carbonyl (C=O) groups is 1. The van der Waals surface area contributed by atoms with Gasteiger partial charge in [-0.2, -0.15) is 0 Å². The molecule has 128 valence electrons. The van der Waals surface area contributed by atoms with Gasteiger partial charge in [-0.05, 0) is 42.9 Å². The average Bonchev–Trinajstić information content (AvgIpc) is 2.89. The largest absolute Gasteiger partial charge is 0.508 e. The molecule has 2 rings (SSSR count). The van der Waals surface area contributed by atoms with Crippen molar-refractivity contribution in [2.75, 3.05) is 12.8 Å². The summed E-state index contributed by atoms with van der Waals surface area (Å²) in [4.78, 5) is 11.9. The molecule has 6 nitrogen and oxygen atoms in total. The van der Waals surface area contributed by atoms with Crippen LogP contribution < -0.4 is 10.0 Å². The summed E-state index contributed by atoms with van der Waals surface area (Å²) in [6.07, 6.45) is 4.87. The summed E-state index contributed by atoms with van der Waals surface area (Å²) in [5, 5.41) is 12.1. The first kappa shape index (κ1) is 17.7. The third-order valence-corrected chi connectivity index (χ3v) is 4.89. The van der Waals surface area contributed by atoms with E-state index in [0.717, 1.165) is 24.8 Å². The number of aryl methyl sites for hydroxylation is 1. The Labute approximate surface area is 137 Å². The first-order chi connectivity index (χ1) is 10.8. The van der Waals surface area contributed by atoms with Crippen molar-refractivity contribution in [1.82, 2.24) is 10.0 Å². The number of aromatic hydroxyl groups is 1. The summed E-state index contributed by atoms with van der Waals surface area (Å²) >= 11 is 0. The molecule has 1 fully saturated rings. The van der Waals surface area contributed by atoms with Crippen LogP contribution in [-0.4, -0.2) is 38.3 Å². The molecule has 1 aromatic rings. The van der Waals surface area contributed by atoms with Crippen molar-refractivity contribution in [3.63, 3.8) is 0 Å². The van der Waals surface area contributed by atoms with Crippen LogP contribution in [0.3, 0.4) is 0 Å². The Kier molecular flexibility index (Phi) is 6.01. The molecule has 3 N–H and O–H groups in total. The van der Waals surface area contributed by atoms with Crippen molar-refractivity contribution in [2.24, 2.45) is 5.92 Å². The van der Waals surface area contributed by atoms with Crippen LogP contribution in [0.5, 0.6) is 5.75 Å². The van der Waals surface area contributed by atoms with Crippen molar-refractivity contribution in [3.05, 3.63) is 29.8 Å². The first-order valence-electron chi connectivity index (χ1n) is 7.85. The lowest BCUT2D eigenvalue weighted by atomic mass is 10.0. The van der Waals surface area contributed by atoms with Gasteiger partial charge in [0.25, 0.3) is 0 Å². The minimum absolute atomic E-state index is 0.0388. The average molecular weight is 340 g/mol. The van der Waals surface area contributed by atoms with E-state index in [1.54, 1.807) is 24.3 Å². The van der Waals surface area contributed by atoms with Gasteiger partial charge in [0.2, 0.25) is 15.9 Å². The van der Waals surface area contributed by atoms with Gasteiger partial charge in [0.15, 0.2) is 0 Å². The number of hydrogen-bond donors (Lipinski definition) is 3. The van der Waals surface area contributed by atoms with Crippen LogP contribution in [0.1, 0.15) is 31.2 Å². The topological polar surface area (TPSA) is 95.5 Å². The number of sulfonamides is 1. The minimum atomic E-state index is -3.21. The smallest absolute Gasteiger partial charge is 0.220 e. The molecular formula is C16H24N2O4S. The lowest BCUT2D eigenvalue weighted by Gasteiger charge is -2.20. The lowest BCUT2D eigenvalue weighted by molar-refractivity contribution is -0.121. The van der Waals surface area contributed by atoms with E-state index in [4.69, 9.17) is 0 Å². The molecule has 7 heteroatoms. The maximum absolute atomic E-state index is 11.9. The first-order valence-corrected chi connectivity index (χ1v) is 9.74. The molecule has 0 aromatic heterocycles. The fourth-order valence-corrected chi connectivity index (χ4v) is 3.83. The standard InChI is InChI=1S/C16H24N2O4S/c1-23(21,22)18-15-4-2-3-13(15)11-17-16(20)10-7-12-5-8-14(19)9-6-12/h5-6,8-9,13,15,18-19H,2-4,7,10-11H2,1H3,(H,17,20)/t13-,15+/m1/s1. The molecular weight excluding hydrogens is 316 g/mol. The fraction of sp³-hybridized carbons (Fsp3) is 0.562. The van der Waals surface area contributed by atoms with E-state index in [0.29, 0.717) is 19.4 Å². The number of phenolic OH excluding ortho intramolecular Hbond substituents is 1. The Hall–Kier alpha value is -1.60. The normalized spacial score (nSPS) is 21.3. The summed E-state index contributed by atoms with van der Waals surface area (Å²) in [5.41, 5.74) is 0.996. The van der Waals surface area contributed by atoms with E-state index in [1.807, 2.05) is 0 Å². The van der Waals surface area contributed by atoms with Crippen molar-refractivity contribution in [2.45, 2.75) is 38.1 Å². The summed E-state index contributed by atoms with van der Waals surface area (Å²) in [6.45, 7) is 0.502. The molecule has 2 atom stereocenters. The molecule has 1 aliphatic carbocycles. The molecule has 1 amide bonds. The molecule has 0 unspecified atom stereocenters. The molecule has 1 aromatic carbocycles. The highest BCUT2D eigenvalue weighted by Gasteiger charge is 2.29. The number of rotatable bonds is 7. The van der Waals surface area contributed by atoms with Crippen LogP contribution in [0.4, 0.5) is 0 Å². The van der Waals surface area contributed by atoms with Crippen molar-refractivity contribution >= 4 is 15.9 Å². The Bertz CT molecular complexity index is 628. The maximum atomic E-state index is 11.9. The Morgan fingerprint density at radius 3 is 2.61 bits per heavy atom. The number of amides is 1. The van der Waals surface area contributed by atoms with Crippen molar-refractivity contribution in [1.29, 1.82) is 0 Å². The van der Waals surface area contributed by atoms with Crippen molar-refractivity contribution in [3.8, 4) is 5.75 Å². The fourth-order valence-electron chi connectivity index (χ4n) is 2.97. The summed E-state index contributed by atoms with van der Waals surface area (Å²) in [5.74, 6) is 0.328. The summed E-state index contributed by atoms with van der Waals surface area (Å²) in [7, 11) is -3.21.